The number of nitrogens with two attached hydrogens (primary N) is 1. The van der Waals surface area contributed by atoms with E-state index in [1.54, 1.807) is 0 Å². The highest BCUT2D eigenvalue weighted by Gasteiger charge is 2.17. The summed E-state index contributed by atoms with van der Waals surface area (Å²) in [7, 11) is 0. The minimum absolute atomic E-state index is 0.418. The molecule has 2 N–H and O–H groups in total. The second-order valence-electron chi connectivity index (χ2n) is 3.97. The zero-order valence-electron chi connectivity index (χ0n) is 8.21. The quantitative estimate of drug-likeness (QED) is 0.678. The predicted molar refractivity (Wildman–Crippen MR) is 52.8 cm³/mol. The Morgan fingerprint density at radius 3 is 2.33 bits per heavy atom. The Balaban J connectivity index is 2.39. The molecule has 12 heavy (non-hydrogen) atoms. The third-order valence-electron chi connectivity index (χ3n) is 2.61. The monoisotopic (exact) mass is 168 g/mol. The molecule has 1 aliphatic rings. The third-order valence-corrected chi connectivity index (χ3v) is 2.61. The number of nitrogens with zero attached hydrogens (tertiary/aromatic N) is 1. The molecule has 0 aromatic heterocycles. The minimum Gasteiger partial charge on any atom is -0.375 e. The van der Waals surface area contributed by atoms with Gasteiger partial charge < -0.3 is 10.6 Å². The topological polar surface area (TPSA) is 29.3 Å². The molecule has 1 heterocycles. The summed E-state index contributed by atoms with van der Waals surface area (Å²) in [6.45, 7) is 10.7. The lowest BCUT2D eigenvalue weighted by atomic mass is 10.0. The number of hydrogen-bond acceptors (Lipinski definition) is 2. The van der Waals surface area contributed by atoms with Crippen LogP contribution >= 0.6 is 0 Å². The highest BCUT2D eigenvalue weighted by atomic mass is 15.1. The zero-order chi connectivity index (χ0) is 9.14. The molecular weight excluding hydrogens is 148 g/mol. The van der Waals surface area contributed by atoms with Gasteiger partial charge in [0.15, 0.2) is 0 Å². The molecule has 0 unspecified atom stereocenters. The molecule has 0 amide bonds. The summed E-state index contributed by atoms with van der Waals surface area (Å²) < 4.78 is 0. The van der Waals surface area contributed by atoms with Gasteiger partial charge in [0.05, 0.1) is 0 Å². The van der Waals surface area contributed by atoms with E-state index < -0.39 is 0 Å². The van der Waals surface area contributed by atoms with E-state index in [1.807, 2.05) is 0 Å². The van der Waals surface area contributed by atoms with Crippen molar-refractivity contribution in [3.8, 4) is 0 Å². The van der Waals surface area contributed by atoms with Crippen LogP contribution in [0.5, 0.6) is 0 Å². The number of piperidine rings is 1. The van der Waals surface area contributed by atoms with E-state index in [0.29, 0.717) is 12.0 Å². The van der Waals surface area contributed by atoms with Crippen LogP contribution in [0.3, 0.4) is 0 Å². The lowest BCUT2D eigenvalue weighted by Crippen LogP contribution is -2.39. The van der Waals surface area contributed by atoms with E-state index in [1.165, 1.54) is 5.70 Å². The van der Waals surface area contributed by atoms with Crippen LogP contribution in [0.4, 0.5) is 0 Å². The molecule has 0 spiro atoms. The molecule has 0 aliphatic carbocycles. The van der Waals surface area contributed by atoms with E-state index >= 15 is 0 Å². The average Bonchev–Trinajstić information content (AvgIpc) is 2.04. The molecule has 1 saturated heterocycles. The molecule has 1 aliphatic heterocycles. The van der Waals surface area contributed by atoms with Crippen LogP contribution in [0, 0.1) is 5.92 Å². The Bertz CT molecular complexity index is 155. The van der Waals surface area contributed by atoms with E-state index in [0.717, 1.165) is 25.9 Å². The Hall–Kier alpha value is -0.500. The average molecular weight is 168 g/mol. The second-order valence-corrected chi connectivity index (χ2v) is 3.97. The Morgan fingerprint density at radius 1 is 1.42 bits per heavy atom. The van der Waals surface area contributed by atoms with Crippen molar-refractivity contribution in [1.29, 1.82) is 0 Å². The summed E-state index contributed by atoms with van der Waals surface area (Å²) in [5.41, 5.74) is 7.08. The maximum atomic E-state index is 5.82. The summed E-state index contributed by atoms with van der Waals surface area (Å²) in [5, 5.41) is 0. The first kappa shape index (κ1) is 9.59. The molecule has 2 heteroatoms. The number of hydrogen-bond donors (Lipinski definition) is 1. The smallest absolute Gasteiger partial charge is 0.0189 e. The summed E-state index contributed by atoms with van der Waals surface area (Å²) >= 11 is 0. The zero-order valence-corrected chi connectivity index (χ0v) is 8.21. The molecular formula is C10H20N2. The first-order valence-corrected chi connectivity index (χ1v) is 4.80. The summed E-state index contributed by atoms with van der Waals surface area (Å²) in [5.74, 6) is 0.569. The van der Waals surface area contributed by atoms with Crippen molar-refractivity contribution < 1.29 is 0 Å². The molecule has 0 aromatic carbocycles. The molecule has 1 fully saturated rings. The van der Waals surface area contributed by atoms with Gasteiger partial charge >= 0.3 is 0 Å². The van der Waals surface area contributed by atoms with Crippen LogP contribution in [-0.4, -0.2) is 24.0 Å². The van der Waals surface area contributed by atoms with E-state index in [-0.39, 0.29) is 0 Å². The van der Waals surface area contributed by atoms with Gasteiger partial charge in [0.2, 0.25) is 0 Å². The van der Waals surface area contributed by atoms with Crippen molar-refractivity contribution in [2.45, 2.75) is 32.7 Å². The Kier molecular flexibility index (Phi) is 3.15. The van der Waals surface area contributed by atoms with E-state index in [2.05, 4.69) is 25.3 Å². The van der Waals surface area contributed by atoms with Gasteiger partial charge in [-0.25, -0.2) is 0 Å². The van der Waals surface area contributed by atoms with Crippen LogP contribution in [0.15, 0.2) is 12.3 Å². The number of likely N-dealkylation sites (tertiary alicyclic amines) is 1. The fraction of sp³-hybridized carbons (Fsp3) is 0.800. The van der Waals surface area contributed by atoms with Gasteiger partial charge in [-0.1, -0.05) is 20.4 Å². The molecule has 0 aromatic rings. The molecule has 70 valence electrons. The van der Waals surface area contributed by atoms with Gasteiger partial charge in [-0.15, -0.1) is 0 Å². The summed E-state index contributed by atoms with van der Waals surface area (Å²) in [6, 6.07) is 0.418. The van der Waals surface area contributed by atoms with Crippen LogP contribution in [0.2, 0.25) is 0 Å². The van der Waals surface area contributed by atoms with E-state index in [9.17, 15) is 0 Å². The first-order valence-electron chi connectivity index (χ1n) is 4.80. The van der Waals surface area contributed by atoms with Gasteiger partial charge in [-0.2, -0.15) is 0 Å². The van der Waals surface area contributed by atoms with Gasteiger partial charge in [0.1, 0.15) is 0 Å². The largest absolute Gasteiger partial charge is 0.375 e. The standard InChI is InChI=1S/C10H20N2/c1-8(2)9(3)12-6-4-10(11)5-7-12/h8,10H,3-7,11H2,1-2H3. The summed E-state index contributed by atoms with van der Waals surface area (Å²) in [6.07, 6.45) is 2.23. The fourth-order valence-corrected chi connectivity index (χ4v) is 1.55. The summed E-state index contributed by atoms with van der Waals surface area (Å²) in [4.78, 5) is 2.37. The van der Waals surface area contributed by atoms with Gasteiger partial charge in [0, 0.05) is 24.8 Å². The molecule has 1 rings (SSSR count). The van der Waals surface area contributed by atoms with Crippen LogP contribution in [-0.2, 0) is 0 Å². The lowest BCUT2D eigenvalue weighted by Gasteiger charge is -2.34. The SMILES string of the molecule is C=C(C(C)C)N1CCC(N)CC1. The molecule has 0 saturated carbocycles. The highest BCUT2D eigenvalue weighted by molar-refractivity contribution is 4.98. The van der Waals surface area contributed by atoms with Crippen molar-refractivity contribution in [1.82, 2.24) is 4.90 Å². The maximum Gasteiger partial charge on any atom is 0.0189 e. The number of rotatable bonds is 2. The van der Waals surface area contributed by atoms with Crippen LogP contribution in [0.25, 0.3) is 0 Å². The Labute approximate surface area is 75.4 Å². The van der Waals surface area contributed by atoms with Gasteiger partial charge in [0.25, 0.3) is 0 Å². The van der Waals surface area contributed by atoms with Crippen LogP contribution in [0.1, 0.15) is 26.7 Å². The first-order chi connectivity index (χ1) is 5.61. The van der Waals surface area contributed by atoms with Crippen molar-refractivity contribution in [3.63, 3.8) is 0 Å². The fourth-order valence-electron chi connectivity index (χ4n) is 1.55. The molecule has 2 nitrogen and oxygen atoms in total. The lowest BCUT2D eigenvalue weighted by molar-refractivity contribution is 0.246. The van der Waals surface area contributed by atoms with Crippen molar-refractivity contribution in [2.24, 2.45) is 11.7 Å². The molecule has 0 atom stereocenters. The van der Waals surface area contributed by atoms with Crippen molar-refractivity contribution in [2.75, 3.05) is 13.1 Å². The second kappa shape index (κ2) is 3.94. The highest BCUT2D eigenvalue weighted by Crippen LogP contribution is 2.18. The number of allylic oxidation sites excluding steroid dienone is 1. The molecule has 0 bridgehead atoms. The minimum atomic E-state index is 0.418. The van der Waals surface area contributed by atoms with Crippen molar-refractivity contribution >= 4 is 0 Å². The van der Waals surface area contributed by atoms with Crippen LogP contribution < -0.4 is 5.73 Å². The molecule has 0 radical (unpaired) electrons. The predicted octanol–water partition coefficient (Wildman–Crippen LogP) is 1.58. The van der Waals surface area contributed by atoms with E-state index in [4.69, 9.17) is 5.73 Å². The van der Waals surface area contributed by atoms with Gasteiger partial charge in [-0.05, 0) is 18.8 Å². The Morgan fingerprint density at radius 2 is 1.92 bits per heavy atom. The maximum absolute atomic E-state index is 5.82. The van der Waals surface area contributed by atoms with Gasteiger partial charge in [-0.3, -0.25) is 0 Å². The third kappa shape index (κ3) is 2.24. The normalized spacial score (nSPS) is 20.2. The van der Waals surface area contributed by atoms with Crippen molar-refractivity contribution in [3.05, 3.63) is 12.3 Å².